The molecule has 0 bridgehead atoms. The van der Waals surface area contributed by atoms with Gasteiger partial charge in [-0.25, -0.2) is 0 Å². The highest BCUT2D eigenvalue weighted by Gasteiger charge is 2.31. The first kappa shape index (κ1) is 18.2. The molecule has 1 nitrogen and oxygen atoms in total. The van der Waals surface area contributed by atoms with E-state index in [1.165, 1.54) is 12.8 Å². The average molecular weight is 355 g/mol. The molecule has 2 aromatic rings. The fraction of sp³-hybridized carbons (Fsp3) is 0.391. The van der Waals surface area contributed by atoms with Gasteiger partial charge in [0.1, 0.15) is 5.60 Å². The molecule has 3 rings (SSSR count). The number of aliphatic hydroxyl groups is 1. The van der Waals surface area contributed by atoms with Gasteiger partial charge in [0.25, 0.3) is 0 Å². The van der Waals surface area contributed by atoms with Crippen LogP contribution < -0.4 is 0 Å². The van der Waals surface area contributed by atoms with E-state index < -0.39 is 5.60 Å². The van der Waals surface area contributed by atoms with Crippen LogP contribution in [0, 0.1) is 11.8 Å². The normalized spacial score (nSPS) is 28.2. The minimum Gasteiger partial charge on any atom is -0.381 e. The molecular weight excluding hydrogens is 328 g/mol. The van der Waals surface area contributed by atoms with Crippen molar-refractivity contribution in [3.05, 3.63) is 71.3 Å². The van der Waals surface area contributed by atoms with Gasteiger partial charge in [0.2, 0.25) is 0 Å². The summed E-state index contributed by atoms with van der Waals surface area (Å²) in [5.74, 6) is 1.17. The number of hydrogen-bond acceptors (Lipinski definition) is 1. The molecular formula is C23H27ClO. The van der Waals surface area contributed by atoms with Crippen LogP contribution >= 0.6 is 11.6 Å². The van der Waals surface area contributed by atoms with Gasteiger partial charge in [-0.2, -0.15) is 0 Å². The third-order valence-corrected chi connectivity index (χ3v) is 5.68. The van der Waals surface area contributed by atoms with Crippen molar-refractivity contribution in [1.29, 1.82) is 0 Å². The third kappa shape index (κ3) is 4.16. The maximum absolute atomic E-state index is 11.6. The third-order valence-electron chi connectivity index (χ3n) is 5.45. The van der Waals surface area contributed by atoms with Gasteiger partial charge in [-0.15, -0.1) is 0 Å². The van der Waals surface area contributed by atoms with Crippen LogP contribution in [-0.4, -0.2) is 5.11 Å². The highest BCUT2D eigenvalue weighted by molar-refractivity contribution is 6.30. The molecule has 3 unspecified atom stereocenters. The lowest BCUT2D eigenvalue weighted by Crippen LogP contribution is -2.27. The quantitative estimate of drug-likeness (QED) is 0.616. The second-order valence-electron chi connectivity index (χ2n) is 7.37. The molecule has 2 heteroatoms. The Hall–Kier alpha value is -1.57. The molecule has 0 saturated carbocycles. The summed E-state index contributed by atoms with van der Waals surface area (Å²) in [6.45, 7) is 4.50. The van der Waals surface area contributed by atoms with E-state index in [2.05, 4.69) is 32.1 Å². The molecule has 0 radical (unpaired) electrons. The Kier molecular flexibility index (Phi) is 5.66. The van der Waals surface area contributed by atoms with Crippen LogP contribution in [-0.2, 0) is 5.60 Å². The zero-order chi connectivity index (χ0) is 17.9. The molecule has 25 heavy (non-hydrogen) atoms. The molecule has 2 aromatic carbocycles. The van der Waals surface area contributed by atoms with Gasteiger partial charge in [-0.05, 0) is 59.9 Å². The molecule has 132 valence electrons. The molecule has 1 N–H and O–H groups in total. The van der Waals surface area contributed by atoms with Gasteiger partial charge in [0.05, 0.1) is 0 Å². The number of halogens is 1. The molecule has 0 spiro atoms. The number of allylic oxidation sites excluding steroid dienone is 1. The smallest absolute Gasteiger partial charge is 0.108 e. The van der Waals surface area contributed by atoms with Crippen molar-refractivity contribution in [1.82, 2.24) is 0 Å². The second-order valence-corrected chi connectivity index (χ2v) is 7.80. The summed E-state index contributed by atoms with van der Waals surface area (Å²) in [6.07, 6.45) is 8.39. The highest BCUT2D eigenvalue weighted by Crippen LogP contribution is 2.40. The summed E-state index contributed by atoms with van der Waals surface area (Å²) >= 11 is 6.20. The van der Waals surface area contributed by atoms with Crippen molar-refractivity contribution < 1.29 is 5.11 Å². The largest absolute Gasteiger partial charge is 0.381 e. The first-order valence-electron chi connectivity index (χ1n) is 9.29. The van der Waals surface area contributed by atoms with Crippen molar-refractivity contribution in [2.75, 3.05) is 0 Å². The number of rotatable bonds is 3. The first-order chi connectivity index (χ1) is 12.0. The van der Waals surface area contributed by atoms with Crippen molar-refractivity contribution in [3.63, 3.8) is 0 Å². The number of hydrogen-bond donors (Lipinski definition) is 1. The van der Waals surface area contributed by atoms with E-state index in [4.69, 9.17) is 11.6 Å². The molecule has 0 aliphatic heterocycles. The molecule has 0 heterocycles. The highest BCUT2D eigenvalue weighted by atomic mass is 35.5. The zero-order valence-corrected chi connectivity index (χ0v) is 15.8. The van der Waals surface area contributed by atoms with E-state index in [-0.39, 0.29) is 0 Å². The maximum Gasteiger partial charge on any atom is 0.108 e. The second kappa shape index (κ2) is 7.76. The fourth-order valence-electron chi connectivity index (χ4n) is 3.92. The van der Waals surface area contributed by atoms with Crippen molar-refractivity contribution >= 4 is 11.6 Å². The van der Waals surface area contributed by atoms with Gasteiger partial charge in [-0.3, -0.25) is 0 Å². The van der Waals surface area contributed by atoms with E-state index in [1.807, 2.05) is 42.5 Å². The predicted molar refractivity (Wildman–Crippen MR) is 107 cm³/mol. The predicted octanol–water partition coefficient (Wildman–Crippen LogP) is 6.60. The molecule has 1 aliphatic carbocycles. The van der Waals surface area contributed by atoms with E-state index >= 15 is 0 Å². The van der Waals surface area contributed by atoms with Crippen LogP contribution in [0.5, 0.6) is 0 Å². The van der Waals surface area contributed by atoms with Crippen molar-refractivity contribution in [2.24, 2.45) is 11.8 Å². The van der Waals surface area contributed by atoms with Crippen molar-refractivity contribution in [2.45, 2.75) is 45.1 Å². The topological polar surface area (TPSA) is 20.2 Å². The summed E-state index contributed by atoms with van der Waals surface area (Å²) < 4.78 is 0. The molecule has 0 fully saturated rings. The SMILES string of the molecule is CCC1CCC(O)(c2ccccc2-c2cccc(Cl)c2)/C=C/C(C)C1. The van der Waals surface area contributed by atoms with E-state index in [1.54, 1.807) is 0 Å². The zero-order valence-electron chi connectivity index (χ0n) is 15.1. The van der Waals surface area contributed by atoms with Gasteiger partial charge in [-0.1, -0.05) is 80.4 Å². The number of benzene rings is 2. The maximum atomic E-state index is 11.6. The Morgan fingerprint density at radius 3 is 2.72 bits per heavy atom. The average Bonchev–Trinajstić information content (AvgIpc) is 2.62. The fourth-order valence-corrected chi connectivity index (χ4v) is 4.11. The Bertz CT molecular complexity index is 751. The summed E-state index contributed by atoms with van der Waals surface area (Å²) in [4.78, 5) is 0. The van der Waals surface area contributed by atoms with Crippen LogP contribution in [0.2, 0.25) is 5.02 Å². The monoisotopic (exact) mass is 354 g/mol. The van der Waals surface area contributed by atoms with E-state index in [0.717, 1.165) is 29.5 Å². The Labute approximate surface area is 156 Å². The summed E-state index contributed by atoms with van der Waals surface area (Å²) in [7, 11) is 0. The van der Waals surface area contributed by atoms with Crippen LogP contribution in [0.25, 0.3) is 11.1 Å². The van der Waals surface area contributed by atoms with Gasteiger partial charge < -0.3 is 5.11 Å². The van der Waals surface area contributed by atoms with E-state index in [9.17, 15) is 5.11 Å². The lowest BCUT2D eigenvalue weighted by atomic mass is 9.77. The molecule has 3 atom stereocenters. The first-order valence-corrected chi connectivity index (χ1v) is 9.67. The Morgan fingerprint density at radius 1 is 1.16 bits per heavy atom. The molecule has 0 amide bonds. The Morgan fingerprint density at radius 2 is 1.96 bits per heavy atom. The minimum absolute atomic E-state index is 0.495. The van der Waals surface area contributed by atoms with Crippen LogP contribution in [0.1, 0.15) is 45.1 Å². The molecule has 0 aromatic heterocycles. The van der Waals surface area contributed by atoms with Crippen molar-refractivity contribution in [3.8, 4) is 11.1 Å². The van der Waals surface area contributed by atoms with E-state index in [0.29, 0.717) is 16.9 Å². The van der Waals surface area contributed by atoms with Gasteiger partial charge >= 0.3 is 0 Å². The minimum atomic E-state index is -0.930. The van der Waals surface area contributed by atoms with Crippen LogP contribution in [0.4, 0.5) is 0 Å². The summed E-state index contributed by atoms with van der Waals surface area (Å²) in [5.41, 5.74) is 2.14. The summed E-state index contributed by atoms with van der Waals surface area (Å²) in [5, 5.41) is 12.3. The lowest BCUT2D eigenvalue weighted by molar-refractivity contribution is 0.0672. The lowest BCUT2D eigenvalue weighted by Gasteiger charge is -2.32. The Balaban J connectivity index is 2.05. The van der Waals surface area contributed by atoms with Gasteiger partial charge in [0, 0.05) is 5.02 Å². The molecule has 1 aliphatic rings. The standard InChI is InChI=1S/C23H27ClO/c1-3-18-12-14-23(25,13-11-17(2)15-18)22-10-5-4-9-21(22)19-7-6-8-20(24)16-19/h4-11,13,16-18,25H,3,12,14-15H2,1-2H3/b13-11+. The summed E-state index contributed by atoms with van der Waals surface area (Å²) in [6, 6.07) is 16.0. The van der Waals surface area contributed by atoms with Gasteiger partial charge in [0.15, 0.2) is 0 Å². The van der Waals surface area contributed by atoms with Crippen LogP contribution in [0.15, 0.2) is 60.7 Å². The molecule has 0 saturated heterocycles. The van der Waals surface area contributed by atoms with Crippen LogP contribution in [0.3, 0.4) is 0 Å².